The van der Waals surface area contributed by atoms with Crippen LogP contribution in [0.3, 0.4) is 0 Å². The molecule has 0 aliphatic rings. The first-order valence-electron chi connectivity index (χ1n) is 4.20. The van der Waals surface area contributed by atoms with Gasteiger partial charge in [0.25, 0.3) is 0 Å². The van der Waals surface area contributed by atoms with Gasteiger partial charge in [0.2, 0.25) is 0 Å². The maximum Gasteiger partial charge on any atom is 0.400 e. The molecule has 0 aliphatic heterocycles. The Morgan fingerprint density at radius 2 is 1.93 bits per heavy atom. The van der Waals surface area contributed by atoms with E-state index in [9.17, 15) is 8.42 Å². The van der Waals surface area contributed by atoms with E-state index in [1.807, 2.05) is 52.9 Å². The summed E-state index contributed by atoms with van der Waals surface area (Å²) >= 11 is 1.91. The molecule has 0 fully saturated rings. The Morgan fingerprint density at radius 3 is 2.47 bits per heavy atom. The third-order valence-electron chi connectivity index (χ3n) is 1.67. The van der Waals surface area contributed by atoms with Gasteiger partial charge in [0.15, 0.2) is 0 Å². The summed E-state index contributed by atoms with van der Waals surface area (Å²) in [4.78, 5) is 0. The van der Waals surface area contributed by atoms with Crippen molar-refractivity contribution in [2.75, 3.05) is 7.11 Å². The summed E-state index contributed by atoms with van der Waals surface area (Å²) in [7, 11) is -2.78. The van der Waals surface area contributed by atoms with Crippen LogP contribution in [-0.2, 0) is 25.2 Å². The third kappa shape index (κ3) is 4.92. The lowest BCUT2D eigenvalue weighted by Crippen LogP contribution is -2.15. The van der Waals surface area contributed by atoms with Crippen molar-refractivity contribution in [2.24, 2.45) is 0 Å². The number of alkyl halides is 1. The fourth-order valence-electron chi connectivity index (χ4n) is 1.00. The van der Waals surface area contributed by atoms with E-state index in [0.717, 1.165) is 12.7 Å². The number of hydrogen-bond donors (Lipinski definition) is 0. The molecule has 0 saturated heterocycles. The minimum Gasteiger partial charge on any atom is -0.252 e. The predicted molar refractivity (Wildman–Crippen MR) is 65.0 cm³/mol. The largest absolute Gasteiger partial charge is 0.400 e. The molecule has 0 aromatic heterocycles. The van der Waals surface area contributed by atoms with Gasteiger partial charge >= 0.3 is 10.4 Å². The summed E-state index contributed by atoms with van der Waals surface area (Å²) in [5.74, 6) is 0. The van der Waals surface area contributed by atoms with Gasteiger partial charge < -0.3 is 0 Å². The first-order chi connectivity index (χ1) is 7.03. The second-order valence-corrected chi connectivity index (χ2v) is 5.50. The molecule has 1 aromatic carbocycles. The summed E-state index contributed by atoms with van der Waals surface area (Å²) in [5.41, 5.74) is 1.02. The van der Waals surface area contributed by atoms with Crippen LogP contribution in [0.1, 0.15) is 5.56 Å². The molecule has 4 nitrogen and oxygen atoms in total. The van der Waals surface area contributed by atoms with Crippen molar-refractivity contribution < 1.29 is 16.8 Å². The molecular formula is C9H11IO4S. The molecular weight excluding hydrogens is 331 g/mol. The van der Waals surface area contributed by atoms with Gasteiger partial charge in [-0.1, -0.05) is 30.3 Å². The molecule has 15 heavy (non-hydrogen) atoms. The van der Waals surface area contributed by atoms with E-state index in [0.29, 0.717) is 6.42 Å². The standard InChI is InChI=1S/C9H11IO4S/c1-13-15(11,12)14-9(10)7-8-5-3-2-4-6-8/h2-6,9H,7H2,1H3. The number of rotatable bonds is 5. The van der Waals surface area contributed by atoms with Crippen molar-refractivity contribution in [1.29, 1.82) is 0 Å². The van der Waals surface area contributed by atoms with Gasteiger partial charge in [-0.3, -0.25) is 4.18 Å². The summed E-state index contributed by atoms with van der Waals surface area (Å²) in [6, 6.07) is 9.51. The van der Waals surface area contributed by atoms with Crippen LogP contribution in [0.5, 0.6) is 0 Å². The molecule has 0 aliphatic carbocycles. The van der Waals surface area contributed by atoms with Crippen LogP contribution in [0.25, 0.3) is 0 Å². The third-order valence-corrected chi connectivity index (χ3v) is 3.58. The molecule has 0 bridgehead atoms. The molecule has 0 N–H and O–H groups in total. The molecule has 0 radical (unpaired) electrons. The minimum atomic E-state index is -3.85. The van der Waals surface area contributed by atoms with Crippen LogP contribution < -0.4 is 0 Å². The zero-order chi connectivity index (χ0) is 11.3. The summed E-state index contributed by atoms with van der Waals surface area (Å²) in [6.45, 7) is 0. The van der Waals surface area contributed by atoms with Crippen molar-refractivity contribution in [3.05, 3.63) is 35.9 Å². The highest BCUT2D eigenvalue weighted by Crippen LogP contribution is 2.14. The Hall–Kier alpha value is -0.180. The van der Waals surface area contributed by atoms with Gasteiger partial charge in [-0.15, -0.1) is 0 Å². The summed E-state index contributed by atoms with van der Waals surface area (Å²) < 4.78 is 30.4. The Balaban J connectivity index is 2.54. The van der Waals surface area contributed by atoms with Gasteiger partial charge in [-0.2, -0.15) is 8.42 Å². The fraction of sp³-hybridized carbons (Fsp3) is 0.333. The molecule has 0 spiro atoms. The van der Waals surface area contributed by atoms with E-state index >= 15 is 0 Å². The Morgan fingerprint density at radius 1 is 1.33 bits per heavy atom. The number of halogens is 1. The molecule has 84 valence electrons. The van der Waals surface area contributed by atoms with Crippen LogP contribution in [0.15, 0.2) is 30.3 Å². The number of hydrogen-bond acceptors (Lipinski definition) is 4. The second-order valence-electron chi connectivity index (χ2n) is 2.77. The topological polar surface area (TPSA) is 52.6 Å². The van der Waals surface area contributed by atoms with E-state index in [-0.39, 0.29) is 0 Å². The highest BCUT2D eigenvalue weighted by Gasteiger charge is 2.16. The quantitative estimate of drug-likeness (QED) is 0.606. The van der Waals surface area contributed by atoms with Crippen molar-refractivity contribution in [2.45, 2.75) is 10.5 Å². The van der Waals surface area contributed by atoms with Crippen LogP contribution in [0, 0.1) is 0 Å². The minimum absolute atomic E-state index is 0.463. The van der Waals surface area contributed by atoms with Crippen LogP contribution in [0.4, 0.5) is 0 Å². The van der Waals surface area contributed by atoms with Gasteiger partial charge in [-0.25, -0.2) is 4.18 Å². The van der Waals surface area contributed by atoms with Crippen molar-refractivity contribution in [1.82, 2.24) is 0 Å². The molecule has 0 amide bonds. The van der Waals surface area contributed by atoms with Crippen molar-refractivity contribution >= 4 is 33.0 Å². The molecule has 1 rings (SSSR count). The van der Waals surface area contributed by atoms with Crippen LogP contribution in [0.2, 0.25) is 0 Å². The zero-order valence-electron chi connectivity index (χ0n) is 8.09. The molecule has 1 atom stereocenters. The first kappa shape index (κ1) is 12.9. The lowest BCUT2D eigenvalue weighted by Gasteiger charge is -2.09. The SMILES string of the molecule is COS(=O)(=O)OC(I)Cc1ccccc1. The zero-order valence-corrected chi connectivity index (χ0v) is 11.1. The van der Waals surface area contributed by atoms with Gasteiger partial charge in [0, 0.05) is 6.42 Å². The molecule has 1 unspecified atom stereocenters. The smallest absolute Gasteiger partial charge is 0.252 e. The highest BCUT2D eigenvalue weighted by molar-refractivity contribution is 14.1. The van der Waals surface area contributed by atoms with Gasteiger partial charge in [0.05, 0.1) is 7.11 Å². The van der Waals surface area contributed by atoms with Crippen LogP contribution >= 0.6 is 22.6 Å². The average Bonchev–Trinajstić information content (AvgIpc) is 2.18. The molecule has 6 heteroatoms. The Bertz CT molecular complexity index is 390. The van der Waals surface area contributed by atoms with E-state index in [2.05, 4.69) is 4.18 Å². The molecule has 0 saturated carbocycles. The Labute approximate surface area is 103 Å². The van der Waals surface area contributed by atoms with Crippen molar-refractivity contribution in [3.63, 3.8) is 0 Å². The normalized spacial score (nSPS) is 13.7. The lowest BCUT2D eigenvalue weighted by molar-refractivity contribution is 0.236. The average molecular weight is 342 g/mol. The number of benzene rings is 1. The second kappa shape index (κ2) is 5.78. The maximum absolute atomic E-state index is 11.0. The fourth-order valence-corrected chi connectivity index (χ4v) is 2.67. The van der Waals surface area contributed by atoms with E-state index in [1.54, 1.807) is 0 Å². The first-order valence-corrected chi connectivity index (χ1v) is 6.78. The Kier molecular flexibility index (Phi) is 4.97. The van der Waals surface area contributed by atoms with Gasteiger partial charge in [0.1, 0.15) is 4.11 Å². The van der Waals surface area contributed by atoms with E-state index < -0.39 is 14.5 Å². The predicted octanol–water partition coefficient (Wildman–Crippen LogP) is 1.90. The maximum atomic E-state index is 11.0. The molecule has 1 aromatic rings. The van der Waals surface area contributed by atoms with Gasteiger partial charge in [-0.05, 0) is 28.2 Å². The summed E-state index contributed by atoms with van der Waals surface area (Å²) in [5, 5.41) is 0. The lowest BCUT2D eigenvalue weighted by atomic mass is 10.2. The van der Waals surface area contributed by atoms with E-state index in [1.165, 1.54) is 0 Å². The van der Waals surface area contributed by atoms with Crippen LogP contribution in [-0.4, -0.2) is 19.6 Å². The van der Waals surface area contributed by atoms with Crippen molar-refractivity contribution in [3.8, 4) is 0 Å². The highest BCUT2D eigenvalue weighted by atomic mass is 127. The summed E-state index contributed by atoms with van der Waals surface area (Å²) in [6.07, 6.45) is 0.518. The molecule has 0 heterocycles. The monoisotopic (exact) mass is 342 g/mol. The van der Waals surface area contributed by atoms with E-state index in [4.69, 9.17) is 4.18 Å².